The number of hydrogen-bond acceptors (Lipinski definition) is 3. The number of carbonyl (C=O) groups is 1. The number of carbonyl (C=O) groups excluding carboxylic acids is 1. The minimum atomic E-state index is -0.699. The van der Waals surface area contributed by atoms with E-state index in [1.807, 2.05) is 24.3 Å². The largest absolute Gasteiger partial charge is 0.463 e. The van der Waals surface area contributed by atoms with Crippen LogP contribution >= 0.6 is 0 Å². The maximum atomic E-state index is 12.3. The van der Waals surface area contributed by atoms with Gasteiger partial charge in [-0.1, -0.05) is 18.2 Å². The van der Waals surface area contributed by atoms with Gasteiger partial charge in [-0.15, -0.1) is 0 Å². The van der Waals surface area contributed by atoms with Gasteiger partial charge in [0.15, 0.2) is 0 Å². The van der Waals surface area contributed by atoms with Crippen LogP contribution in [0.15, 0.2) is 34.9 Å². The summed E-state index contributed by atoms with van der Waals surface area (Å²) in [6, 6.07) is 9.65. The van der Waals surface area contributed by atoms with Crippen LogP contribution in [0.25, 0.3) is 11.0 Å². The molecule has 3 rings (SSSR count). The topological polar surface area (TPSA) is 66.0 Å². The van der Waals surface area contributed by atoms with Gasteiger partial charge in [-0.05, 0) is 31.7 Å². The number of amides is 1. The Labute approximate surface area is 111 Å². The van der Waals surface area contributed by atoms with Crippen molar-refractivity contribution in [2.45, 2.75) is 31.2 Å². The Balaban J connectivity index is 1.90. The van der Waals surface area contributed by atoms with Crippen LogP contribution in [0.4, 0.5) is 0 Å². The van der Waals surface area contributed by atoms with Crippen LogP contribution in [0.5, 0.6) is 0 Å². The van der Waals surface area contributed by atoms with Gasteiger partial charge in [0, 0.05) is 5.39 Å². The third-order valence-electron chi connectivity index (χ3n) is 3.75. The predicted molar refractivity (Wildman–Crippen MR) is 70.5 cm³/mol. The lowest BCUT2D eigenvalue weighted by Gasteiger charge is -2.21. The van der Waals surface area contributed by atoms with E-state index in [1.165, 1.54) is 6.26 Å². The first-order chi connectivity index (χ1) is 9.24. The average molecular weight is 254 g/mol. The second kappa shape index (κ2) is 4.43. The zero-order valence-corrected chi connectivity index (χ0v) is 10.5. The Hall–Kier alpha value is -2.28. The van der Waals surface area contributed by atoms with Gasteiger partial charge < -0.3 is 9.73 Å². The molecule has 0 radical (unpaired) electrons. The second-order valence-electron chi connectivity index (χ2n) is 5.00. The number of furan rings is 1. The van der Waals surface area contributed by atoms with Crippen molar-refractivity contribution in [2.75, 3.05) is 0 Å². The molecule has 0 saturated heterocycles. The van der Waals surface area contributed by atoms with Gasteiger partial charge >= 0.3 is 0 Å². The van der Waals surface area contributed by atoms with E-state index >= 15 is 0 Å². The van der Waals surface area contributed by atoms with Crippen molar-refractivity contribution in [3.8, 4) is 6.07 Å². The molecular formula is C15H14N2O2. The molecule has 96 valence electrons. The lowest BCUT2D eigenvalue weighted by atomic mass is 9.99. The van der Waals surface area contributed by atoms with Crippen LogP contribution in [0.1, 0.15) is 36.0 Å². The summed E-state index contributed by atoms with van der Waals surface area (Å²) in [6.45, 7) is 0. The van der Waals surface area contributed by atoms with Crippen molar-refractivity contribution in [1.29, 1.82) is 5.26 Å². The van der Waals surface area contributed by atoms with E-state index in [4.69, 9.17) is 4.42 Å². The zero-order chi connectivity index (χ0) is 13.3. The molecule has 1 aromatic heterocycles. The number of nitriles is 1. The fourth-order valence-electron chi connectivity index (χ4n) is 2.68. The molecule has 0 spiro atoms. The Bertz CT molecular complexity index is 660. The van der Waals surface area contributed by atoms with Gasteiger partial charge in [-0.3, -0.25) is 4.79 Å². The monoisotopic (exact) mass is 254 g/mol. The highest BCUT2D eigenvalue weighted by Gasteiger charge is 2.36. The van der Waals surface area contributed by atoms with Gasteiger partial charge in [0.05, 0.1) is 11.6 Å². The zero-order valence-electron chi connectivity index (χ0n) is 10.5. The summed E-state index contributed by atoms with van der Waals surface area (Å²) in [4.78, 5) is 12.3. The Morgan fingerprint density at radius 2 is 2.05 bits per heavy atom. The van der Waals surface area contributed by atoms with Crippen molar-refractivity contribution in [1.82, 2.24) is 5.32 Å². The molecule has 1 aliphatic rings. The third-order valence-corrected chi connectivity index (χ3v) is 3.75. The molecule has 2 aromatic rings. The summed E-state index contributed by atoms with van der Waals surface area (Å²) in [6.07, 6.45) is 4.88. The van der Waals surface area contributed by atoms with E-state index in [9.17, 15) is 10.1 Å². The smallest absolute Gasteiger partial charge is 0.256 e. The molecule has 1 heterocycles. The van der Waals surface area contributed by atoms with Crippen molar-refractivity contribution in [3.05, 3.63) is 36.1 Å². The van der Waals surface area contributed by atoms with E-state index < -0.39 is 5.54 Å². The number of nitrogens with zero attached hydrogens (tertiary/aromatic N) is 1. The first-order valence-corrected chi connectivity index (χ1v) is 6.44. The van der Waals surface area contributed by atoms with Gasteiger partial charge in [-0.2, -0.15) is 5.26 Å². The van der Waals surface area contributed by atoms with E-state index in [0.29, 0.717) is 11.1 Å². The van der Waals surface area contributed by atoms with Crippen molar-refractivity contribution in [2.24, 2.45) is 0 Å². The van der Waals surface area contributed by atoms with Crippen molar-refractivity contribution < 1.29 is 9.21 Å². The number of nitrogens with one attached hydrogen (secondary N) is 1. The summed E-state index contributed by atoms with van der Waals surface area (Å²) < 4.78 is 5.36. The Kier molecular flexibility index (Phi) is 2.75. The average Bonchev–Trinajstić information content (AvgIpc) is 3.05. The van der Waals surface area contributed by atoms with Crippen LogP contribution in [-0.2, 0) is 0 Å². The molecule has 0 aliphatic heterocycles. The fraction of sp³-hybridized carbons (Fsp3) is 0.333. The highest BCUT2D eigenvalue weighted by atomic mass is 16.3. The molecule has 0 atom stereocenters. The quantitative estimate of drug-likeness (QED) is 0.895. The summed E-state index contributed by atoms with van der Waals surface area (Å²) in [5.41, 5.74) is 0.484. The van der Waals surface area contributed by atoms with Gasteiger partial charge in [-0.25, -0.2) is 0 Å². The third kappa shape index (κ3) is 1.97. The summed E-state index contributed by atoms with van der Waals surface area (Å²) in [5, 5.41) is 12.9. The maximum Gasteiger partial charge on any atom is 0.256 e. The van der Waals surface area contributed by atoms with Crippen molar-refractivity contribution in [3.63, 3.8) is 0 Å². The molecule has 1 aliphatic carbocycles. The number of rotatable bonds is 2. The number of benzene rings is 1. The summed E-state index contributed by atoms with van der Waals surface area (Å²) in [7, 11) is 0. The minimum absolute atomic E-state index is 0.228. The van der Waals surface area contributed by atoms with Gasteiger partial charge in [0.2, 0.25) is 0 Å². The van der Waals surface area contributed by atoms with Crippen LogP contribution in [0.3, 0.4) is 0 Å². The summed E-state index contributed by atoms with van der Waals surface area (Å²) in [5.74, 6) is -0.228. The molecule has 0 unspecified atom stereocenters. The molecule has 1 saturated carbocycles. The van der Waals surface area contributed by atoms with E-state index in [2.05, 4.69) is 11.4 Å². The fourth-order valence-corrected chi connectivity index (χ4v) is 2.68. The van der Waals surface area contributed by atoms with E-state index in [1.54, 1.807) is 0 Å². The predicted octanol–water partition coefficient (Wildman–Crippen LogP) is 3.00. The van der Waals surface area contributed by atoms with Crippen LogP contribution < -0.4 is 5.32 Å². The lowest BCUT2D eigenvalue weighted by molar-refractivity contribution is 0.0921. The maximum absolute atomic E-state index is 12.3. The highest BCUT2D eigenvalue weighted by molar-refractivity contribution is 6.06. The number of hydrogen-bond donors (Lipinski definition) is 1. The molecule has 1 N–H and O–H groups in total. The van der Waals surface area contributed by atoms with Gasteiger partial charge in [0.1, 0.15) is 17.4 Å². The molecule has 19 heavy (non-hydrogen) atoms. The molecule has 1 aromatic carbocycles. The minimum Gasteiger partial charge on any atom is -0.463 e. The first kappa shape index (κ1) is 11.8. The normalized spacial score (nSPS) is 17.2. The number of fused-ring (bicyclic) bond motifs is 1. The molecule has 1 fully saturated rings. The van der Waals surface area contributed by atoms with Gasteiger partial charge in [0.25, 0.3) is 5.91 Å². The standard InChI is InChI=1S/C15H14N2O2/c16-10-15(7-3-4-8-15)17-14(18)12-9-19-13-6-2-1-5-11(12)13/h1-2,5-6,9H,3-4,7-8H2,(H,17,18). The SMILES string of the molecule is N#CC1(NC(=O)c2coc3ccccc23)CCCC1. The van der Waals surface area contributed by atoms with Crippen molar-refractivity contribution >= 4 is 16.9 Å². The molecule has 4 nitrogen and oxygen atoms in total. The van der Waals surface area contributed by atoms with Crippen LogP contribution in [-0.4, -0.2) is 11.4 Å². The second-order valence-corrected chi connectivity index (χ2v) is 5.00. The van der Waals surface area contributed by atoms with E-state index in [-0.39, 0.29) is 5.91 Å². The Morgan fingerprint density at radius 1 is 1.32 bits per heavy atom. The molecular weight excluding hydrogens is 240 g/mol. The molecule has 4 heteroatoms. The van der Waals surface area contributed by atoms with E-state index in [0.717, 1.165) is 31.1 Å². The lowest BCUT2D eigenvalue weighted by Crippen LogP contribution is -2.45. The molecule has 1 amide bonds. The number of para-hydroxylation sites is 1. The highest BCUT2D eigenvalue weighted by Crippen LogP contribution is 2.30. The van der Waals surface area contributed by atoms with Crippen LogP contribution in [0.2, 0.25) is 0 Å². The Morgan fingerprint density at radius 3 is 2.79 bits per heavy atom. The van der Waals surface area contributed by atoms with Crippen LogP contribution in [0, 0.1) is 11.3 Å². The summed E-state index contributed by atoms with van der Waals surface area (Å²) >= 11 is 0. The molecule has 0 bridgehead atoms. The first-order valence-electron chi connectivity index (χ1n) is 6.44.